The van der Waals surface area contributed by atoms with E-state index in [1.807, 2.05) is 0 Å². The first kappa shape index (κ1) is 12.7. The maximum Gasteiger partial charge on any atom is 0.168 e. The molecule has 92 valence electrons. The van der Waals surface area contributed by atoms with Crippen LogP contribution in [0.5, 0.6) is 0 Å². The number of rotatable bonds is 3. The van der Waals surface area contributed by atoms with Crippen molar-refractivity contribution in [2.45, 2.75) is 18.2 Å². The van der Waals surface area contributed by atoms with Gasteiger partial charge in [0.2, 0.25) is 0 Å². The van der Waals surface area contributed by atoms with Crippen molar-refractivity contribution >= 4 is 33.5 Å². The van der Waals surface area contributed by atoms with E-state index in [-0.39, 0.29) is 10.7 Å². The van der Waals surface area contributed by atoms with Gasteiger partial charge in [0.25, 0.3) is 0 Å². The Bertz CT molecular complexity index is 437. The van der Waals surface area contributed by atoms with E-state index in [0.29, 0.717) is 0 Å². The normalized spacial score (nSPS) is 17.1. The van der Waals surface area contributed by atoms with E-state index in [0.717, 1.165) is 24.7 Å². The third-order valence-corrected chi connectivity index (χ3v) is 5.35. The van der Waals surface area contributed by atoms with Crippen LogP contribution in [0.3, 0.4) is 0 Å². The highest BCUT2D eigenvalue weighted by atomic mass is 32.2. The van der Waals surface area contributed by atoms with Gasteiger partial charge in [-0.25, -0.2) is 0 Å². The molecule has 1 atom stereocenters. The number of amidine groups is 1. The molecule has 0 bridgehead atoms. The second-order valence-electron chi connectivity index (χ2n) is 3.83. The van der Waals surface area contributed by atoms with Crippen molar-refractivity contribution in [1.82, 2.24) is 4.31 Å². The lowest BCUT2D eigenvalue weighted by molar-refractivity contribution is 0.742. The molecule has 0 amide bonds. The summed E-state index contributed by atoms with van der Waals surface area (Å²) in [6, 6.07) is 8.80. The molecule has 2 nitrogen and oxygen atoms in total. The molecule has 0 aromatic heterocycles. The third-order valence-electron chi connectivity index (χ3n) is 2.82. The van der Waals surface area contributed by atoms with Crippen molar-refractivity contribution in [2.24, 2.45) is 4.99 Å². The van der Waals surface area contributed by atoms with Crippen molar-refractivity contribution in [3.63, 3.8) is 0 Å². The predicted molar refractivity (Wildman–Crippen MR) is 81.3 cm³/mol. The second kappa shape index (κ2) is 5.74. The molecular weight excluding hydrogens is 248 g/mol. The van der Waals surface area contributed by atoms with Gasteiger partial charge in [-0.05, 0) is 30.4 Å². The number of aliphatic imine (C=N–C) groups is 1. The summed E-state index contributed by atoms with van der Waals surface area (Å²) < 4.78 is 2.31. The molecule has 17 heavy (non-hydrogen) atoms. The van der Waals surface area contributed by atoms with Crippen LogP contribution in [0, 0.1) is 0 Å². The summed E-state index contributed by atoms with van der Waals surface area (Å²) in [6.07, 6.45) is 3.17. The van der Waals surface area contributed by atoms with Gasteiger partial charge < -0.3 is 0 Å². The molecule has 1 aromatic carbocycles. The molecule has 0 N–H and O–H groups in total. The van der Waals surface area contributed by atoms with E-state index in [2.05, 4.69) is 52.6 Å². The number of hydrogen-bond donors (Lipinski definition) is 0. The first-order valence-electron chi connectivity index (χ1n) is 5.75. The van der Waals surface area contributed by atoms with E-state index < -0.39 is 0 Å². The van der Waals surface area contributed by atoms with E-state index in [4.69, 9.17) is 0 Å². The molecule has 0 saturated carbocycles. The minimum Gasteiger partial charge on any atom is -0.296 e. The van der Waals surface area contributed by atoms with Crippen LogP contribution in [0.4, 0.5) is 0 Å². The summed E-state index contributed by atoms with van der Waals surface area (Å²) in [5.41, 5.74) is 1.38. The first-order chi connectivity index (χ1) is 8.26. The van der Waals surface area contributed by atoms with Crippen LogP contribution >= 0.6 is 22.4 Å². The Balaban J connectivity index is 2.16. The van der Waals surface area contributed by atoms with Crippen molar-refractivity contribution < 1.29 is 0 Å². The fourth-order valence-corrected chi connectivity index (χ4v) is 4.05. The van der Waals surface area contributed by atoms with Crippen LogP contribution in [0.15, 0.2) is 34.2 Å². The fraction of sp³-hybridized carbons (Fsp3) is 0.385. The van der Waals surface area contributed by atoms with Crippen LogP contribution < -0.4 is 0 Å². The fourth-order valence-electron chi connectivity index (χ4n) is 1.79. The Hall–Kier alpha value is -0.740. The highest BCUT2D eigenvalue weighted by molar-refractivity contribution is 8.18. The van der Waals surface area contributed by atoms with Crippen molar-refractivity contribution in [1.29, 1.82) is 0 Å². The van der Waals surface area contributed by atoms with Gasteiger partial charge in [-0.15, -0.1) is 0 Å². The lowest BCUT2D eigenvalue weighted by Gasteiger charge is -2.22. The van der Waals surface area contributed by atoms with Gasteiger partial charge in [0.1, 0.15) is 0 Å². The quantitative estimate of drug-likeness (QED) is 0.780. The minimum absolute atomic E-state index is 0.117. The molecule has 4 heteroatoms. The summed E-state index contributed by atoms with van der Waals surface area (Å²) >= 11 is 1.71. The van der Waals surface area contributed by atoms with E-state index in [1.54, 1.807) is 11.8 Å². The van der Waals surface area contributed by atoms with Gasteiger partial charge in [0.05, 0.1) is 13.1 Å². The molecule has 0 radical (unpaired) electrons. The lowest BCUT2D eigenvalue weighted by Crippen LogP contribution is -2.19. The Kier molecular flexibility index (Phi) is 4.29. The Morgan fingerprint density at radius 1 is 1.41 bits per heavy atom. The Labute approximate surface area is 110 Å². The van der Waals surface area contributed by atoms with Crippen LogP contribution in [0.25, 0.3) is 0 Å². The van der Waals surface area contributed by atoms with Crippen molar-refractivity contribution in [3.05, 3.63) is 29.8 Å². The van der Waals surface area contributed by atoms with Crippen LogP contribution in [0.1, 0.15) is 12.5 Å². The molecule has 1 aromatic rings. The lowest BCUT2D eigenvalue weighted by atomic mass is 10.2. The topological polar surface area (TPSA) is 15.6 Å². The van der Waals surface area contributed by atoms with Crippen molar-refractivity contribution in [3.8, 4) is 0 Å². The molecule has 0 fully saturated rings. The highest BCUT2D eigenvalue weighted by Crippen LogP contribution is 2.33. The number of thioether (sulfide) groups is 1. The van der Waals surface area contributed by atoms with Gasteiger partial charge in [-0.3, -0.25) is 9.30 Å². The predicted octanol–water partition coefficient (Wildman–Crippen LogP) is 3.26. The Morgan fingerprint density at radius 3 is 2.71 bits per heavy atom. The summed E-state index contributed by atoms with van der Waals surface area (Å²) in [4.78, 5) is 5.79. The van der Waals surface area contributed by atoms with Gasteiger partial charge in [0, 0.05) is 4.90 Å². The Morgan fingerprint density at radius 2 is 2.12 bits per heavy atom. The number of nitrogens with zero attached hydrogens (tertiary/aromatic N) is 2. The monoisotopic (exact) mass is 266 g/mol. The standard InChI is InChI=1S/C13H18N2S2/c1-4-11-5-7-12(8-6-11)17(3)15-10-9-14-13(15)16-2/h5-8H,3-4,9-10H2,1-2H3. The smallest absolute Gasteiger partial charge is 0.168 e. The van der Waals surface area contributed by atoms with E-state index >= 15 is 0 Å². The van der Waals surface area contributed by atoms with Gasteiger partial charge in [0.15, 0.2) is 5.17 Å². The maximum atomic E-state index is 4.49. The zero-order valence-corrected chi connectivity index (χ0v) is 12.0. The van der Waals surface area contributed by atoms with Gasteiger partial charge in [-0.2, -0.15) is 0 Å². The molecule has 0 aliphatic carbocycles. The van der Waals surface area contributed by atoms with Crippen LogP contribution in [-0.2, 0) is 6.42 Å². The molecule has 1 unspecified atom stereocenters. The largest absolute Gasteiger partial charge is 0.296 e. The first-order valence-corrected chi connectivity index (χ1v) is 8.32. The number of hydrogen-bond acceptors (Lipinski definition) is 3. The second-order valence-corrected chi connectivity index (χ2v) is 6.25. The summed E-state index contributed by atoms with van der Waals surface area (Å²) in [5, 5.41) is 1.13. The van der Waals surface area contributed by atoms with E-state index in [9.17, 15) is 0 Å². The molecule has 0 saturated heterocycles. The highest BCUT2D eigenvalue weighted by Gasteiger charge is 2.18. The van der Waals surface area contributed by atoms with Crippen LogP contribution in [-0.4, -0.2) is 34.7 Å². The molecule has 2 rings (SSSR count). The molecule has 0 spiro atoms. The van der Waals surface area contributed by atoms with E-state index in [1.165, 1.54) is 10.5 Å². The summed E-state index contributed by atoms with van der Waals surface area (Å²) in [6.45, 7) is 4.08. The summed E-state index contributed by atoms with van der Waals surface area (Å²) in [5.74, 6) is 4.30. The van der Waals surface area contributed by atoms with Gasteiger partial charge >= 0.3 is 0 Å². The number of benzene rings is 1. The average molecular weight is 266 g/mol. The molecule has 1 aliphatic rings. The third kappa shape index (κ3) is 2.75. The molecule has 1 aliphatic heterocycles. The molecule has 1 heterocycles. The number of aryl methyl sites for hydroxylation is 1. The zero-order chi connectivity index (χ0) is 12.3. The average Bonchev–Trinajstić information content (AvgIpc) is 2.86. The maximum absolute atomic E-state index is 4.49. The summed E-state index contributed by atoms with van der Waals surface area (Å²) in [7, 11) is -0.117. The minimum atomic E-state index is -0.117. The SMILES string of the molecule is C=S(c1ccc(CC)cc1)N1CCN=C1SC. The molecular formula is C13H18N2S2. The van der Waals surface area contributed by atoms with Crippen molar-refractivity contribution in [2.75, 3.05) is 19.3 Å². The zero-order valence-electron chi connectivity index (χ0n) is 10.3. The van der Waals surface area contributed by atoms with Gasteiger partial charge in [-0.1, -0.05) is 47.4 Å². The van der Waals surface area contributed by atoms with Crippen LogP contribution in [0.2, 0.25) is 0 Å².